The van der Waals surface area contributed by atoms with Gasteiger partial charge in [0.1, 0.15) is 17.5 Å². The maximum atomic E-state index is 14.8. The van der Waals surface area contributed by atoms with Gasteiger partial charge in [-0.1, -0.05) is 51.7 Å². The molecule has 0 saturated heterocycles. The van der Waals surface area contributed by atoms with Crippen LogP contribution in [0.5, 0.6) is 0 Å². The molecule has 2 aliphatic carbocycles. The number of rotatable bonds is 7. The molecule has 0 heterocycles. The van der Waals surface area contributed by atoms with Gasteiger partial charge in [-0.3, -0.25) is 0 Å². The predicted octanol–water partition coefficient (Wildman–Crippen LogP) is 9.68. The summed E-state index contributed by atoms with van der Waals surface area (Å²) in [6.07, 6.45) is 14.0. The topological polar surface area (TPSA) is 0 Å². The maximum Gasteiger partial charge on any atom is 0.134 e. The minimum atomic E-state index is -0.550. The normalized spacial score (nSPS) is 26.8. The van der Waals surface area contributed by atoms with Crippen molar-refractivity contribution in [2.75, 3.05) is 0 Å². The molecule has 3 heteroatoms. The molecule has 0 radical (unpaired) electrons. The van der Waals surface area contributed by atoms with Crippen molar-refractivity contribution in [1.29, 1.82) is 0 Å². The second-order valence-corrected chi connectivity index (χ2v) is 10.9. The minimum Gasteiger partial charge on any atom is -0.207 e. The highest BCUT2D eigenvalue weighted by Crippen LogP contribution is 2.43. The number of hydrogen-bond acceptors (Lipinski definition) is 0. The van der Waals surface area contributed by atoms with Gasteiger partial charge < -0.3 is 0 Å². The van der Waals surface area contributed by atoms with Crippen molar-refractivity contribution in [3.63, 3.8) is 0 Å². The van der Waals surface area contributed by atoms with Crippen LogP contribution in [0, 0.1) is 41.1 Å². The fourth-order valence-corrected chi connectivity index (χ4v) is 6.62. The maximum absolute atomic E-state index is 14.8. The first kappa shape index (κ1) is 24.4. The molecule has 33 heavy (non-hydrogen) atoms. The Hall–Kier alpha value is -1.77. The Kier molecular flexibility index (Phi) is 8.20. The molecule has 4 rings (SSSR count). The second kappa shape index (κ2) is 11.1. The molecule has 180 valence electrons. The quantitative estimate of drug-likeness (QED) is 0.389. The Balaban J connectivity index is 1.31. The summed E-state index contributed by atoms with van der Waals surface area (Å²) in [5, 5.41) is 0. The van der Waals surface area contributed by atoms with E-state index in [-0.39, 0.29) is 11.5 Å². The highest BCUT2D eigenvalue weighted by molar-refractivity contribution is 5.65. The van der Waals surface area contributed by atoms with Crippen molar-refractivity contribution in [1.82, 2.24) is 0 Å². The van der Waals surface area contributed by atoms with Crippen molar-refractivity contribution in [3.8, 4) is 11.1 Å². The highest BCUT2D eigenvalue weighted by atomic mass is 19.1. The third kappa shape index (κ3) is 6.03. The molecule has 0 amide bonds. The number of halogens is 3. The molecule has 0 aromatic heterocycles. The van der Waals surface area contributed by atoms with Crippen LogP contribution < -0.4 is 0 Å². The lowest BCUT2D eigenvalue weighted by atomic mass is 9.70. The van der Waals surface area contributed by atoms with E-state index in [1.165, 1.54) is 81.3 Å². The average Bonchev–Trinajstić information content (AvgIpc) is 2.81. The van der Waals surface area contributed by atoms with E-state index < -0.39 is 17.5 Å². The van der Waals surface area contributed by atoms with E-state index in [0.29, 0.717) is 5.56 Å². The van der Waals surface area contributed by atoms with E-state index in [9.17, 15) is 13.2 Å². The zero-order valence-corrected chi connectivity index (χ0v) is 20.3. The van der Waals surface area contributed by atoms with E-state index in [2.05, 4.69) is 13.8 Å². The standard InChI is InChI=1S/C30H39F3/c1-3-4-21-5-9-23(10-6-21)20(2)17-22-7-11-24(12-8-22)26-18-28(32)30(29(33)19-26)25-13-15-27(31)16-14-25/h13-16,18-24H,3-12,17H2,1-2H3. The van der Waals surface area contributed by atoms with Crippen molar-refractivity contribution >= 4 is 0 Å². The van der Waals surface area contributed by atoms with Gasteiger partial charge in [0.15, 0.2) is 0 Å². The van der Waals surface area contributed by atoms with Gasteiger partial charge in [-0.2, -0.15) is 0 Å². The molecule has 0 aliphatic heterocycles. The number of hydrogen-bond donors (Lipinski definition) is 0. The predicted molar refractivity (Wildman–Crippen MR) is 131 cm³/mol. The molecule has 2 aromatic carbocycles. The SMILES string of the molecule is CCCC1CCC(C(C)CC2CCC(c3cc(F)c(-c4ccc(F)cc4)c(F)c3)CC2)CC1. The Morgan fingerprint density at radius 2 is 1.36 bits per heavy atom. The lowest BCUT2D eigenvalue weighted by Gasteiger charge is -2.36. The van der Waals surface area contributed by atoms with Crippen LogP contribution in [-0.4, -0.2) is 0 Å². The van der Waals surface area contributed by atoms with Crippen molar-refractivity contribution < 1.29 is 13.2 Å². The molecule has 0 spiro atoms. The Morgan fingerprint density at radius 3 is 1.94 bits per heavy atom. The van der Waals surface area contributed by atoms with Crippen LogP contribution in [0.2, 0.25) is 0 Å². The van der Waals surface area contributed by atoms with E-state index in [1.54, 1.807) is 0 Å². The first-order valence-electron chi connectivity index (χ1n) is 13.2. The van der Waals surface area contributed by atoms with Crippen LogP contribution >= 0.6 is 0 Å². The van der Waals surface area contributed by atoms with Gasteiger partial charge in [-0.05, 0) is 110 Å². The Bertz CT molecular complexity index is 864. The lowest BCUT2D eigenvalue weighted by molar-refractivity contribution is 0.169. The molecule has 1 atom stereocenters. The van der Waals surface area contributed by atoms with Crippen LogP contribution in [0.25, 0.3) is 11.1 Å². The van der Waals surface area contributed by atoms with E-state index in [0.717, 1.165) is 54.9 Å². The Labute approximate surface area is 198 Å². The number of benzene rings is 2. The minimum absolute atomic E-state index is 0.0603. The van der Waals surface area contributed by atoms with Gasteiger partial charge in [-0.15, -0.1) is 0 Å². The third-order valence-corrected chi connectivity index (χ3v) is 8.61. The molecular formula is C30H39F3. The van der Waals surface area contributed by atoms with Gasteiger partial charge in [-0.25, -0.2) is 13.2 Å². The molecule has 0 bridgehead atoms. The van der Waals surface area contributed by atoms with Gasteiger partial charge >= 0.3 is 0 Å². The molecular weight excluding hydrogens is 417 g/mol. The fraction of sp³-hybridized carbons (Fsp3) is 0.600. The summed E-state index contributed by atoms with van der Waals surface area (Å²) in [4.78, 5) is 0. The van der Waals surface area contributed by atoms with Gasteiger partial charge in [0.05, 0.1) is 5.56 Å². The molecule has 1 unspecified atom stereocenters. The van der Waals surface area contributed by atoms with E-state index >= 15 is 0 Å². The highest BCUT2D eigenvalue weighted by Gasteiger charge is 2.29. The van der Waals surface area contributed by atoms with Crippen LogP contribution in [0.15, 0.2) is 36.4 Å². The van der Waals surface area contributed by atoms with Gasteiger partial charge in [0.25, 0.3) is 0 Å². The molecule has 2 saturated carbocycles. The van der Waals surface area contributed by atoms with E-state index in [1.807, 2.05) is 0 Å². The van der Waals surface area contributed by atoms with Crippen LogP contribution in [0.3, 0.4) is 0 Å². The largest absolute Gasteiger partial charge is 0.207 e. The fourth-order valence-electron chi connectivity index (χ4n) is 6.62. The summed E-state index contributed by atoms with van der Waals surface area (Å²) in [6.45, 7) is 4.75. The van der Waals surface area contributed by atoms with Crippen molar-refractivity contribution in [2.45, 2.75) is 90.4 Å². The van der Waals surface area contributed by atoms with E-state index in [4.69, 9.17) is 0 Å². The van der Waals surface area contributed by atoms with Crippen LogP contribution in [-0.2, 0) is 0 Å². The monoisotopic (exact) mass is 456 g/mol. The summed E-state index contributed by atoms with van der Waals surface area (Å²) in [5.41, 5.74) is 1.09. The second-order valence-electron chi connectivity index (χ2n) is 10.9. The smallest absolute Gasteiger partial charge is 0.134 e. The zero-order valence-electron chi connectivity index (χ0n) is 20.3. The average molecular weight is 457 g/mol. The molecule has 2 aliphatic rings. The first-order chi connectivity index (χ1) is 15.9. The van der Waals surface area contributed by atoms with Gasteiger partial charge in [0.2, 0.25) is 0 Å². The van der Waals surface area contributed by atoms with Crippen LogP contribution in [0.1, 0.15) is 96.0 Å². The third-order valence-electron chi connectivity index (χ3n) is 8.61. The van der Waals surface area contributed by atoms with Crippen LogP contribution in [0.4, 0.5) is 13.2 Å². The van der Waals surface area contributed by atoms with Gasteiger partial charge in [0, 0.05) is 0 Å². The lowest BCUT2D eigenvalue weighted by Crippen LogP contribution is -2.23. The molecule has 2 fully saturated rings. The summed E-state index contributed by atoms with van der Waals surface area (Å²) >= 11 is 0. The molecule has 0 nitrogen and oxygen atoms in total. The Morgan fingerprint density at radius 1 is 0.788 bits per heavy atom. The summed E-state index contributed by atoms with van der Waals surface area (Å²) in [7, 11) is 0. The first-order valence-corrected chi connectivity index (χ1v) is 13.2. The summed E-state index contributed by atoms with van der Waals surface area (Å²) in [6, 6.07) is 8.34. The van der Waals surface area contributed by atoms with Crippen molar-refractivity contribution in [2.24, 2.45) is 23.7 Å². The van der Waals surface area contributed by atoms with Crippen molar-refractivity contribution in [3.05, 3.63) is 59.4 Å². The zero-order chi connectivity index (χ0) is 23.4. The summed E-state index contributed by atoms with van der Waals surface area (Å²) < 4.78 is 42.9. The molecule has 2 aromatic rings. The summed E-state index contributed by atoms with van der Waals surface area (Å²) in [5.74, 6) is 2.11. The molecule has 0 N–H and O–H groups in total.